The summed E-state index contributed by atoms with van der Waals surface area (Å²) in [5.41, 5.74) is 0. The van der Waals surface area contributed by atoms with Crippen LogP contribution in [0.3, 0.4) is 0 Å². The number of rotatable bonds is 6. The van der Waals surface area contributed by atoms with Crippen LogP contribution in [0.25, 0.3) is 0 Å². The van der Waals surface area contributed by atoms with Crippen LogP contribution in [0, 0.1) is 5.82 Å². The summed E-state index contributed by atoms with van der Waals surface area (Å²) < 4.78 is 18.2. The highest BCUT2D eigenvalue weighted by atomic mass is 19.1. The largest absolute Gasteiger partial charge is 0.489 e. The molecule has 0 saturated heterocycles. The van der Waals surface area contributed by atoms with Crippen molar-refractivity contribution in [2.24, 2.45) is 0 Å². The van der Waals surface area contributed by atoms with Crippen molar-refractivity contribution in [3.8, 4) is 5.75 Å². The van der Waals surface area contributed by atoms with Gasteiger partial charge in [0.25, 0.3) is 0 Å². The second-order valence-corrected chi connectivity index (χ2v) is 3.33. The first-order valence-electron chi connectivity index (χ1n) is 4.96. The third kappa shape index (κ3) is 4.76. The zero-order valence-corrected chi connectivity index (χ0v) is 8.74. The average molecular weight is 213 g/mol. The fourth-order valence-electron chi connectivity index (χ4n) is 1.11. The maximum Gasteiger partial charge on any atom is 0.165 e. The first-order valence-corrected chi connectivity index (χ1v) is 4.96. The summed E-state index contributed by atoms with van der Waals surface area (Å²) in [6.45, 7) is 3.18. The molecule has 15 heavy (non-hydrogen) atoms. The molecule has 1 aromatic rings. The Labute approximate surface area is 88.9 Å². The predicted octanol–water partition coefficient (Wildman–Crippen LogP) is 1.17. The minimum atomic E-state index is -0.376. The molecule has 4 heteroatoms. The second-order valence-electron chi connectivity index (χ2n) is 3.33. The Balaban J connectivity index is 2.18. The lowest BCUT2D eigenvalue weighted by Gasteiger charge is -2.09. The number of ether oxygens (including phenoxy) is 1. The van der Waals surface area contributed by atoms with Gasteiger partial charge in [-0.2, -0.15) is 0 Å². The van der Waals surface area contributed by atoms with Crippen LogP contribution in [0.2, 0.25) is 0 Å². The van der Waals surface area contributed by atoms with Crippen molar-refractivity contribution in [1.82, 2.24) is 5.32 Å². The molecule has 0 radical (unpaired) electrons. The van der Waals surface area contributed by atoms with Crippen LogP contribution in [-0.4, -0.2) is 30.9 Å². The van der Waals surface area contributed by atoms with Gasteiger partial charge in [-0.15, -0.1) is 0 Å². The molecule has 0 heterocycles. The summed E-state index contributed by atoms with van der Waals surface area (Å²) >= 11 is 0. The maximum absolute atomic E-state index is 13.0. The molecule has 1 unspecified atom stereocenters. The lowest BCUT2D eigenvalue weighted by Crippen LogP contribution is -2.28. The topological polar surface area (TPSA) is 41.5 Å². The zero-order valence-electron chi connectivity index (χ0n) is 8.74. The van der Waals surface area contributed by atoms with Gasteiger partial charge < -0.3 is 15.2 Å². The molecule has 1 rings (SSSR count). The molecule has 1 aromatic carbocycles. The third-order valence-electron chi connectivity index (χ3n) is 1.81. The molecule has 84 valence electrons. The van der Waals surface area contributed by atoms with Gasteiger partial charge in [0.05, 0.1) is 6.10 Å². The van der Waals surface area contributed by atoms with Crippen LogP contribution >= 0.6 is 0 Å². The Morgan fingerprint density at radius 3 is 2.87 bits per heavy atom. The van der Waals surface area contributed by atoms with Crippen LogP contribution in [0.15, 0.2) is 24.3 Å². The molecular formula is C11H16FNO2. The van der Waals surface area contributed by atoms with E-state index in [2.05, 4.69) is 5.32 Å². The van der Waals surface area contributed by atoms with E-state index in [4.69, 9.17) is 9.84 Å². The predicted molar refractivity (Wildman–Crippen MR) is 56.4 cm³/mol. The molecule has 0 aliphatic heterocycles. The quantitative estimate of drug-likeness (QED) is 0.697. The average Bonchev–Trinajstić information content (AvgIpc) is 2.20. The highest BCUT2D eigenvalue weighted by Gasteiger charge is 2.00. The maximum atomic E-state index is 13.0. The standard InChI is InChI=1S/C11H16FNO2/c1-9(14)8-13-6-7-15-11-5-3-2-4-10(11)12/h2-5,9,13-14H,6-8H2,1H3. The van der Waals surface area contributed by atoms with Crippen molar-refractivity contribution in [1.29, 1.82) is 0 Å². The Hall–Kier alpha value is -1.13. The molecule has 1 atom stereocenters. The van der Waals surface area contributed by atoms with E-state index < -0.39 is 0 Å². The van der Waals surface area contributed by atoms with Crippen LogP contribution in [0.4, 0.5) is 4.39 Å². The Morgan fingerprint density at radius 1 is 1.47 bits per heavy atom. The van der Waals surface area contributed by atoms with Crippen molar-refractivity contribution in [2.45, 2.75) is 13.0 Å². The molecule has 0 aliphatic rings. The molecule has 0 saturated carbocycles. The van der Waals surface area contributed by atoms with Gasteiger partial charge in [0, 0.05) is 13.1 Å². The highest BCUT2D eigenvalue weighted by molar-refractivity contribution is 5.23. The van der Waals surface area contributed by atoms with Crippen molar-refractivity contribution in [3.05, 3.63) is 30.1 Å². The lowest BCUT2D eigenvalue weighted by molar-refractivity contribution is 0.187. The van der Waals surface area contributed by atoms with Crippen LogP contribution in [-0.2, 0) is 0 Å². The minimum absolute atomic E-state index is 0.261. The molecule has 3 nitrogen and oxygen atoms in total. The number of para-hydroxylation sites is 1. The number of nitrogens with one attached hydrogen (secondary N) is 1. The van der Waals surface area contributed by atoms with Gasteiger partial charge in [-0.25, -0.2) is 4.39 Å². The van der Waals surface area contributed by atoms with E-state index in [1.807, 2.05) is 0 Å². The molecule has 0 aromatic heterocycles. The van der Waals surface area contributed by atoms with E-state index in [-0.39, 0.29) is 17.7 Å². The van der Waals surface area contributed by atoms with Gasteiger partial charge >= 0.3 is 0 Å². The lowest BCUT2D eigenvalue weighted by atomic mass is 10.3. The number of hydrogen-bond acceptors (Lipinski definition) is 3. The molecule has 0 aliphatic carbocycles. The molecule has 0 fully saturated rings. The SMILES string of the molecule is CC(O)CNCCOc1ccccc1F. The smallest absolute Gasteiger partial charge is 0.165 e. The second kappa shape index (κ2) is 6.37. The van der Waals surface area contributed by atoms with Gasteiger partial charge in [-0.1, -0.05) is 12.1 Å². The Kier molecular flexibility index (Phi) is 5.07. The Bertz CT molecular complexity index is 292. The normalized spacial score (nSPS) is 12.5. The van der Waals surface area contributed by atoms with Crippen molar-refractivity contribution >= 4 is 0 Å². The zero-order chi connectivity index (χ0) is 11.1. The number of benzene rings is 1. The summed E-state index contributed by atoms with van der Waals surface area (Å²) in [5.74, 6) is -0.0932. The van der Waals surface area contributed by atoms with E-state index in [1.165, 1.54) is 6.07 Å². The van der Waals surface area contributed by atoms with Gasteiger partial charge in [0.15, 0.2) is 11.6 Å². The molecule has 0 bridgehead atoms. The summed E-state index contributed by atoms with van der Waals surface area (Å²) in [7, 11) is 0. The fourth-order valence-corrected chi connectivity index (χ4v) is 1.11. The monoisotopic (exact) mass is 213 g/mol. The Morgan fingerprint density at radius 2 is 2.20 bits per heavy atom. The number of aliphatic hydroxyl groups is 1. The van der Waals surface area contributed by atoms with Crippen molar-refractivity contribution in [3.63, 3.8) is 0 Å². The van der Waals surface area contributed by atoms with Gasteiger partial charge in [-0.3, -0.25) is 0 Å². The first-order chi connectivity index (χ1) is 7.20. The number of aliphatic hydroxyl groups excluding tert-OH is 1. The van der Waals surface area contributed by atoms with E-state index in [9.17, 15) is 4.39 Å². The van der Waals surface area contributed by atoms with Crippen molar-refractivity contribution < 1.29 is 14.2 Å². The van der Waals surface area contributed by atoms with Crippen LogP contribution < -0.4 is 10.1 Å². The molecular weight excluding hydrogens is 197 g/mol. The van der Waals surface area contributed by atoms with Crippen molar-refractivity contribution in [2.75, 3.05) is 19.7 Å². The van der Waals surface area contributed by atoms with Gasteiger partial charge in [0.1, 0.15) is 6.61 Å². The minimum Gasteiger partial charge on any atom is -0.489 e. The van der Waals surface area contributed by atoms with Gasteiger partial charge in [-0.05, 0) is 19.1 Å². The first kappa shape index (κ1) is 11.9. The van der Waals surface area contributed by atoms with Crippen LogP contribution in [0.1, 0.15) is 6.92 Å². The van der Waals surface area contributed by atoms with E-state index >= 15 is 0 Å². The summed E-state index contributed by atoms with van der Waals surface area (Å²) in [6.07, 6.45) is -0.376. The third-order valence-corrected chi connectivity index (χ3v) is 1.81. The fraction of sp³-hybridized carbons (Fsp3) is 0.455. The molecule has 2 N–H and O–H groups in total. The van der Waals surface area contributed by atoms with E-state index in [1.54, 1.807) is 25.1 Å². The highest BCUT2D eigenvalue weighted by Crippen LogP contribution is 2.14. The molecule has 0 spiro atoms. The van der Waals surface area contributed by atoms with E-state index in [0.29, 0.717) is 19.7 Å². The number of hydrogen-bond donors (Lipinski definition) is 2. The summed E-state index contributed by atoms with van der Waals surface area (Å²) in [4.78, 5) is 0. The summed E-state index contributed by atoms with van der Waals surface area (Å²) in [6, 6.07) is 6.29. The van der Waals surface area contributed by atoms with Gasteiger partial charge in [0.2, 0.25) is 0 Å². The van der Waals surface area contributed by atoms with Crippen LogP contribution in [0.5, 0.6) is 5.75 Å². The summed E-state index contributed by atoms with van der Waals surface area (Å²) in [5, 5.41) is 11.9. The van der Waals surface area contributed by atoms with E-state index in [0.717, 1.165) is 0 Å². The number of halogens is 1. The molecule has 0 amide bonds.